The Morgan fingerprint density at radius 2 is 2.06 bits per heavy atom. The molecular weight excluding hydrogens is 233 g/mol. The molecule has 0 aliphatic carbocycles. The molecule has 1 aromatic carbocycles. The average molecular weight is 253 g/mol. The fraction of sp³-hybridized carbons (Fsp3) is 0.462. The first-order valence-corrected chi connectivity index (χ1v) is 5.97. The summed E-state index contributed by atoms with van der Waals surface area (Å²) in [6, 6.07) is 6.64. The largest absolute Gasteiger partial charge is 0.409 e. The van der Waals surface area contributed by atoms with Crippen molar-refractivity contribution in [1.29, 1.82) is 0 Å². The predicted octanol–water partition coefficient (Wildman–Crippen LogP) is 2.17. The monoisotopic (exact) mass is 253 g/mol. The molecule has 0 saturated carbocycles. The molecule has 0 aliphatic heterocycles. The molecule has 0 spiro atoms. The quantitative estimate of drug-likeness (QED) is 0.353. The van der Waals surface area contributed by atoms with Gasteiger partial charge < -0.3 is 10.9 Å². The Kier molecular flexibility index (Phi) is 5.58. The van der Waals surface area contributed by atoms with Gasteiger partial charge in [0.2, 0.25) is 0 Å². The van der Waals surface area contributed by atoms with Crippen LogP contribution in [0.1, 0.15) is 25.3 Å². The van der Waals surface area contributed by atoms with E-state index in [4.69, 9.17) is 10.9 Å². The predicted molar refractivity (Wildman–Crippen MR) is 70.0 cm³/mol. The van der Waals surface area contributed by atoms with Gasteiger partial charge in [0.25, 0.3) is 0 Å². The van der Waals surface area contributed by atoms with Crippen LogP contribution in [0.4, 0.5) is 4.39 Å². The minimum absolute atomic E-state index is 0.200. The summed E-state index contributed by atoms with van der Waals surface area (Å²) in [6.07, 6.45) is 1.42. The fourth-order valence-corrected chi connectivity index (χ4v) is 1.90. The second-order valence-electron chi connectivity index (χ2n) is 4.40. The Morgan fingerprint density at radius 3 is 2.56 bits per heavy atom. The summed E-state index contributed by atoms with van der Waals surface area (Å²) in [4.78, 5) is 2.12. The number of nitrogens with zero attached hydrogens (tertiary/aromatic N) is 2. The van der Waals surface area contributed by atoms with Crippen LogP contribution in [0, 0.1) is 5.82 Å². The third-order valence-electron chi connectivity index (χ3n) is 3.01. The smallest absolute Gasteiger partial charge is 0.140 e. The Bertz CT molecular complexity index is 392. The molecule has 1 atom stereocenters. The lowest BCUT2D eigenvalue weighted by molar-refractivity contribution is 0.229. The fourth-order valence-electron chi connectivity index (χ4n) is 1.90. The SMILES string of the molecule is CCC(CC(N)=NO)N(C)Cc1ccc(F)cc1. The molecule has 0 bridgehead atoms. The number of benzene rings is 1. The number of amidine groups is 1. The van der Waals surface area contributed by atoms with Crippen LogP contribution in [0.25, 0.3) is 0 Å². The van der Waals surface area contributed by atoms with E-state index in [0.717, 1.165) is 12.0 Å². The third-order valence-corrected chi connectivity index (χ3v) is 3.01. The molecule has 0 aromatic heterocycles. The lowest BCUT2D eigenvalue weighted by Crippen LogP contribution is -2.34. The van der Waals surface area contributed by atoms with Gasteiger partial charge in [-0.3, -0.25) is 4.90 Å². The van der Waals surface area contributed by atoms with Gasteiger partial charge in [0, 0.05) is 19.0 Å². The zero-order valence-corrected chi connectivity index (χ0v) is 10.8. The first-order valence-electron chi connectivity index (χ1n) is 5.97. The standard InChI is InChI=1S/C13H20FN3O/c1-3-12(8-13(15)16-18)17(2)9-10-4-6-11(14)7-5-10/h4-7,12,18H,3,8-9H2,1-2H3,(H2,15,16). The van der Waals surface area contributed by atoms with Crippen LogP contribution in [-0.2, 0) is 6.54 Å². The number of hydrogen-bond acceptors (Lipinski definition) is 3. The topological polar surface area (TPSA) is 61.9 Å². The van der Waals surface area contributed by atoms with Crippen LogP contribution < -0.4 is 5.73 Å². The molecule has 0 amide bonds. The van der Waals surface area contributed by atoms with E-state index < -0.39 is 0 Å². The van der Waals surface area contributed by atoms with Crippen LogP contribution in [0.5, 0.6) is 0 Å². The molecule has 0 fully saturated rings. The van der Waals surface area contributed by atoms with Gasteiger partial charge in [-0.1, -0.05) is 24.2 Å². The van der Waals surface area contributed by atoms with E-state index in [0.29, 0.717) is 13.0 Å². The number of hydrogen-bond donors (Lipinski definition) is 2. The molecule has 3 N–H and O–H groups in total. The Hall–Kier alpha value is -1.62. The lowest BCUT2D eigenvalue weighted by atomic mass is 10.1. The van der Waals surface area contributed by atoms with E-state index in [2.05, 4.69) is 17.0 Å². The third kappa shape index (κ3) is 4.33. The molecule has 0 aliphatic rings. The average Bonchev–Trinajstić information content (AvgIpc) is 2.38. The number of nitrogens with two attached hydrogens (primary N) is 1. The van der Waals surface area contributed by atoms with Gasteiger partial charge >= 0.3 is 0 Å². The molecule has 1 aromatic rings. The highest BCUT2D eigenvalue weighted by atomic mass is 19.1. The van der Waals surface area contributed by atoms with Crippen molar-refractivity contribution in [2.45, 2.75) is 32.4 Å². The van der Waals surface area contributed by atoms with Gasteiger partial charge in [-0.25, -0.2) is 4.39 Å². The van der Waals surface area contributed by atoms with Crippen molar-refractivity contribution < 1.29 is 9.60 Å². The molecule has 18 heavy (non-hydrogen) atoms. The first-order chi connectivity index (χ1) is 8.56. The molecular formula is C13H20FN3O. The van der Waals surface area contributed by atoms with Crippen molar-refractivity contribution in [1.82, 2.24) is 4.90 Å². The van der Waals surface area contributed by atoms with Gasteiger partial charge in [0.05, 0.1) is 0 Å². The van der Waals surface area contributed by atoms with Gasteiger partial charge in [-0.05, 0) is 31.2 Å². The van der Waals surface area contributed by atoms with Crippen LogP contribution in [0.2, 0.25) is 0 Å². The van der Waals surface area contributed by atoms with Gasteiger partial charge in [0.1, 0.15) is 11.7 Å². The van der Waals surface area contributed by atoms with Crippen LogP contribution in [-0.4, -0.2) is 29.0 Å². The summed E-state index contributed by atoms with van der Waals surface area (Å²) in [5.41, 5.74) is 6.56. The molecule has 100 valence electrons. The Balaban J connectivity index is 2.61. The molecule has 1 unspecified atom stereocenters. The minimum Gasteiger partial charge on any atom is -0.409 e. The zero-order valence-electron chi connectivity index (χ0n) is 10.8. The molecule has 0 saturated heterocycles. The second-order valence-corrected chi connectivity index (χ2v) is 4.40. The van der Waals surface area contributed by atoms with Crippen molar-refractivity contribution in [2.75, 3.05) is 7.05 Å². The normalized spacial score (nSPS) is 13.9. The van der Waals surface area contributed by atoms with Crippen molar-refractivity contribution in [3.8, 4) is 0 Å². The molecule has 0 radical (unpaired) electrons. The van der Waals surface area contributed by atoms with Crippen LogP contribution >= 0.6 is 0 Å². The Morgan fingerprint density at radius 1 is 1.44 bits per heavy atom. The summed E-state index contributed by atoms with van der Waals surface area (Å²) in [7, 11) is 1.97. The summed E-state index contributed by atoms with van der Waals surface area (Å²) >= 11 is 0. The highest BCUT2D eigenvalue weighted by molar-refractivity contribution is 5.80. The van der Waals surface area contributed by atoms with E-state index in [1.54, 1.807) is 12.1 Å². The maximum atomic E-state index is 12.8. The van der Waals surface area contributed by atoms with Crippen molar-refractivity contribution in [2.24, 2.45) is 10.9 Å². The highest BCUT2D eigenvalue weighted by Gasteiger charge is 2.14. The van der Waals surface area contributed by atoms with E-state index in [-0.39, 0.29) is 17.7 Å². The maximum Gasteiger partial charge on any atom is 0.140 e. The van der Waals surface area contributed by atoms with Gasteiger partial charge in [-0.15, -0.1) is 0 Å². The molecule has 1 rings (SSSR count). The van der Waals surface area contributed by atoms with Gasteiger partial charge in [0.15, 0.2) is 0 Å². The van der Waals surface area contributed by atoms with Crippen LogP contribution in [0.15, 0.2) is 29.4 Å². The van der Waals surface area contributed by atoms with Crippen molar-refractivity contribution in [3.63, 3.8) is 0 Å². The summed E-state index contributed by atoms with van der Waals surface area (Å²) in [5.74, 6) is -0.00194. The second kappa shape index (κ2) is 6.96. The molecule has 4 nitrogen and oxygen atoms in total. The van der Waals surface area contributed by atoms with E-state index in [1.165, 1.54) is 12.1 Å². The minimum atomic E-state index is -0.231. The number of rotatable bonds is 6. The van der Waals surface area contributed by atoms with E-state index >= 15 is 0 Å². The van der Waals surface area contributed by atoms with Gasteiger partial charge in [-0.2, -0.15) is 0 Å². The molecule has 0 heterocycles. The summed E-state index contributed by atoms with van der Waals surface area (Å²) < 4.78 is 12.8. The van der Waals surface area contributed by atoms with Crippen LogP contribution in [0.3, 0.4) is 0 Å². The first kappa shape index (κ1) is 14.4. The van der Waals surface area contributed by atoms with Crippen molar-refractivity contribution in [3.05, 3.63) is 35.6 Å². The van der Waals surface area contributed by atoms with E-state index in [1.807, 2.05) is 7.05 Å². The summed E-state index contributed by atoms with van der Waals surface area (Å²) in [6.45, 7) is 2.76. The molecule has 5 heteroatoms. The van der Waals surface area contributed by atoms with Crippen molar-refractivity contribution >= 4 is 5.84 Å². The lowest BCUT2D eigenvalue weighted by Gasteiger charge is -2.26. The Labute approximate surface area is 107 Å². The number of halogens is 1. The maximum absolute atomic E-state index is 12.8. The van der Waals surface area contributed by atoms with E-state index in [9.17, 15) is 4.39 Å². The highest BCUT2D eigenvalue weighted by Crippen LogP contribution is 2.12. The number of oxime groups is 1. The zero-order chi connectivity index (χ0) is 13.5. The summed E-state index contributed by atoms with van der Waals surface area (Å²) in [5, 5.41) is 11.6.